The molecule has 26 heavy (non-hydrogen) atoms. The van der Waals surface area contributed by atoms with Gasteiger partial charge in [0, 0.05) is 13.1 Å². The number of piperidine rings is 1. The van der Waals surface area contributed by atoms with E-state index in [4.69, 9.17) is 0 Å². The third-order valence-corrected chi connectivity index (χ3v) is 4.95. The third-order valence-electron chi connectivity index (χ3n) is 4.95. The second kappa shape index (κ2) is 8.62. The smallest absolute Gasteiger partial charge is 0.303 e. The van der Waals surface area contributed by atoms with E-state index in [1.165, 1.54) is 12.1 Å². The zero-order chi connectivity index (χ0) is 18.4. The lowest BCUT2D eigenvalue weighted by molar-refractivity contribution is -0.137. The monoisotopic (exact) mass is 367 g/mol. The maximum Gasteiger partial charge on any atom is 0.416 e. The second-order valence-electron chi connectivity index (χ2n) is 6.97. The Kier molecular flexibility index (Phi) is 6.24. The minimum absolute atomic E-state index is 0.548. The summed E-state index contributed by atoms with van der Waals surface area (Å²) in [4.78, 5) is 2.45. The zero-order valence-electron chi connectivity index (χ0n) is 14.7. The number of hydrogen-bond donors (Lipinski definition) is 0. The van der Waals surface area contributed by atoms with Crippen LogP contribution in [0.2, 0.25) is 0 Å². The van der Waals surface area contributed by atoms with Crippen molar-refractivity contribution in [3.05, 3.63) is 41.7 Å². The van der Waals surface area contributed by atoms with Gasteiger partial charge in [0.1, 0.15) is 6.33 Å². The van der Waals surface area contributed by atoms with Crippen LogP contribution in [0.5, 0.6) is 0 Å². The van der Waals surface area contributed by atoms with E-state index in [1.807, 2.05) is 0 Å². The van der Waals surface area contributed by atoms with Crippen molar-refractivity contribution in [3.63, 3.8) is 0 Å². The number of benzene rings is 1. The van der Waals surface area contributed by atoms with Crippen LogP contribution in [-0.2, 0) is 19.1 Å². The Morgan fingerprint density at radius 1 is 1.19 bits per heavy atom. The van der Waals surface area contributed by atoms with Crippen LogP contribution in [0.15, 0.2) is 30.6 Å². The summed E-state index contributed by atoms with van der Waals surface area (Å²) in [5.74, 6) is 0.548. The molecule has 2 aromatic rings. The Morgan fingerprint density at radius 2 is 2.08 bits per heavy atom. The predicted octanol–water partition coefficient (Wildman–Crippen LogP) is 3.43. The number of halogens is 3. The third kappa shape index (κ3) is 5.52. The molecule has 1 fully saturated rings. The summed E-state index contributed by atoms with van der Waals surface area (Å²) in [6.07, 6.45) is 2.29. The quantitative estimate of drug-likeness (QED) is 0.752. The molecule has 142 valence electrons. The molecule has 0 radical (unpaired) electrons. The fraction of sp³-hybridized carbons (Fsp3) is 0.611. The molecule has 0 spiro atoms. The first-order valence-corrected chi connectivity index (χ1v) is 9.10. The van der Waals surface area contributed by atoms with Gasteiger partial charge in [0.2, 0.25) is 0 Å². The van der Waals surface area contributed by atoms with Crippen molar-refractivity contribution in [2.24, 2.45) is 5.92 Å². The number of rotatable bonds is 7. The molecule has 0 amide bonds. The van der Waals surface area contributed by atoms with Crippen molar-refractivity contribution in [3.8, 4) is 0 Å². The van der Waals surface area contributed by atoms with Crippen LogP contribution in [0.1, 0.15) is 36.8 Å². The SMILES string of the molecule is FC(F)(F)c1cccc(CC[C@@H]2CCCN(CCCn3cnnn3)C2)c1. The van der Waals surface area contributed by atoms with Crippen molar-refractivity contribution < 1.29 is 13.2 Å². The van der Waals surface area contributed by atoms with E-state index in [9.17, 15) is 13.2 Å². The summed E-state index contributed by atoms with van der Waals surface area (Å²) in [7, 11) is 0. The molecular weight excluding hydrogens is 343 g/mol. The van der Waals surface area contributed by atoms with Gasteiger partial charge < -0.3 is 4.90 Å². The van der Waals surface area contributed by atoms with Gasteiger partial charge in [-0.15, -0.1) is 5.10 Å². The first kappa shape index (κ1) is 18.8. The number of hydrogen-bond acceptors (Lipinski definition) is 4. The van der Waals surface area contributed by atoms with Gasteiger partial charge in [-0.25, -0.2) is 4.68 Å². The molecule has 8 heteroatoms. The van der Waals surface area contributed by atoms with Crippen LogP contribution in [0.25, 0.3) is 0 Å². The molecule has 1 saturated heterocycles. The van der Waals surface area contributed by atoms with Gasteiger partial charge in [-0.3, -0.25) is 0 Å². The molecule has 0 N–H and O–H groups in total. The Hall–Kier alpha value is -1.96. The predicted molar refractivity (Wildman–Crippen MR) is 91.4 cm³/mol. The highest BCUT2D eigenvalue weighted by Crippen LogP contribution is 2.30. The lowest BCUT2D eigenvalue weighted by atomic mass is 9.91. The summed E-state index contributed by atoms with van der Waals surface area (Å²) >= 11 is 0. The first-order chi connectivity index (χ1) is 12.5. The van der Waals surface area contributed by atoms with E-state index in [0.717, 1.165) is 63.5 Å². The summed E-state index contributed by atoms with van der Waals surface area (Å²) in [6, 6.07) is 5.72. The van der Waals surface area contributed by atoms with Gasteiger partial charge in [-0.1, -0.05) is 18.2 Å². The first-order valence-electron chi connectivity index (χ1n) is 9.10. The van der Waals surface area contributed by atoms with Crippen LogP contribution >= 0.6 is 0 Å². The summed E-state index contributed by atoms with van der Waals surface area (Å²) in [5, 5.41) is 11.1. The molecule has 1 atom stereocenters. The molecule has 2 heterocycles. The van der Waals surface area contributed by atoms with Crippen LogP contribution in [-0.4, -0.2) is 44.7 Å². The summed E-state index contributed by atoms with van der Waals surface area (Å²) < 4.78 is 40.2. The van der Waals surface area contributed by atoms with E-state index in [0.29, 0.717) is 12.3 Å². The molecule has 0 saturated carbocycles. The Balaban J connectivity index is 1.43. The topological polar surface area (TPSA) is 46.8 Å². The molecule has 3 rings (SSSR count). The highest BCUT2D eigenvalue weighted by Gasteiger charge is 2.30. The number of nitrogens with zero attached hydrogens (tertiary/aromatic N) is 5. The average molecular weight is 367 g/mol. The Morgan fingerprint density at radius 3 is 2.85 bits per heavy atom. The van der Waals surface area contributed by atoms with Crippen molar-refractivity contribution in [1.82, 2.24) is 25.1 Å². The fourth-order valence-corrected chi connectivity index (χ4v) is 3.60. The number of aryl methyl sites for hydroxylation is 2. The molecule has 5 nitrogen and oxygen atoms in total. The lowest BCUT2D eigenvalue weighted by Gasteiger charge is -2.32. The van der Waals surface area contributed by atoms with E-state index in [-0.39, 0.29) is 0 Å². The minimum Gasteiger partial charge on any atom is -0.303 e. The maximum atomic E-state index is 12.8. The normalized spacial score (nSPS) is 19.0. The number of aromatic nitrogens is 4. The van der Waals surface area contributed by atoms with E-state index in [2.05, 4.69) is 20.4 Å². The molecule has 0 bridgehead atoms. The van der Waals surface area contributed by atoms with Gasteiger partial charge >= 0.3 is 6.18 Å². The molecule has 0 unspecified atom stereocenters. The van der Waals surface area contributed by atoms with E-state index >= 15 is 0 Å². The van der Waals surface area contributed by atoms with Crippen molar-refractivity contribution in [2.75, 3.05) is 19.6 Å². The van der Waals surface area contributed by atoms with Gasteiger partial charge in [0.25, 0.3) is 0 Å². The van der Waals surface area contributed by atoms with Crippen molar-refractivity contribution in [2.45, 2.75) is 44.8 Å². The maximum absolute atomic E-state index is 12.8. The number of tetrazole rings is 1. The molecular formula is C18H24F3N5. The van der Waals surface area contributed by atoms with Gasteiger partial charge in [-0.2, -0.15) is 13.2 Å². The molecule has 1 aromatic carbocycles. The lowest BCUT2D eigenvalue weighted by Crippen LogP contribution is -2.36. The largest absolute Gasteiger partial charge is 0.416 e. The molecule has 1 aliphatic rings. The van der Waals surface area contributed by atoms with E-state index in [1.54, 1.807) is 17.1 Å². The summed E-state index contributed by atoms with van der Waals surface area (Å²) in [5.41, 5.74) is 0.221. The zero-order valence-corrected chi connectivity index (χ0v) is 14.7. The highest BCUT2D eigenvalue weighted by molar-refractivity contribution is 5.25. The van der Waals surface area contributed by atoms with Gasteiger partial charge in [0.05, 0.1) is 5.56 Å². The van der Waals surface area contributed by atoms with Crippen LogP contribution < -0.4 is 0 Å². The molecule has 0 aliphatic carbocycles. The van der Waals surface area contributed by atoms with Crippen LogP contribution in [0, 0.1) is 5.92 Å². The van der Waals surface area contributed by atoms with Gasteiger partial charge in [0.15, 0.2) is 0 Å². The fourth-order valence-electron chi connectivity index (χ4n) is 3.60. The standard InChI is InChI=1S/C18H24F3N5/c19-18(20,21)17-6-1-4-15(12-17)7-8-16-5-2-9-25(13-16)10-3-11-26-14-22-23-24-26/h1,4,6,12,14,16H,2-3,5,7-11,13H2/t16-/m0/s1. The Labute approximate surface area is 151 Å². The molecule has 1 aliphatic heterocycles. The van der Waals surface area contributed by atoms with Crippen molar-refractivity contribution in [1.29, 1.82) is 0 Å². The van der Waals surface area contributed by atoms with Gasteiger partial charge in [-0.05, 0) is 73.2 Å². The van der Waals surface area contributed by atoms with E-state index < -0.39 is 11.7 Å². The average Bonchev–Trinajstić information content (AvgIpc) is 3.13. The number of likely N-dealkylation sites (tertiary alicyclic amines) is 1. The second-order valence-corrected chi connectivity index (χ2v) is 6.97. The highest BCUT2D eigenvalue weighted by atomic mass is 19.4. The van der Waals surface area contributed by atoms with Crippen LogP contribution in [0.3, 0.4) is 0 Å². The number of alkyl halides is 3. The molecule has 1 aromatic heterocycles. The van der Waals surface area contributed by atoms with Crippen molar-refractivity contribution >= 4 is 0 Å². The van der Waals surface area contributed by atoms with Crippen LogP contribution in [0.4, 0.5) is 13.2 Å². The summed E-state index contributed by atoms with van der Waals surface area (Å²) in [6.45, 7) is 3.92. The Bertz CT molecular complexity index is 672. The minimum atomic E-state index is -4.27.